The zero-order valence-electron chi connectivity index (χ0n) is 14.4. The Balaban J connectivity index is 1.55. The third kappa shape index (κ3) is 4.17. The smallest absolute Gasteiger partial charge is 0.169 e. The second-order valence-corrected chi connectivity index (χ2v) is 7.50. The van der Waals surface area contributed by atoms with Crippen LogP contribution in [0.3, 0.4) is 0 Å². The van der Waals surface area contributed by atoms with Crippen LogP contribution in [0.2, 0.25) is 0 Å². The topological polar surface area (TPSA) is 18.5 Å². The second-order valence-electron chi connectivity index (χ2n) is 7.11. The van der Waals surface area contributed by atoms with Crippen LogP contribution in [0.5, 0.6) is 0 Å². The van der Waals surface area contributed by atoms with Crippen molar-refractivity contribution in [1.29, 1.82) is 0 Å². The molecule has 1 heterocycles. The SMILES string of the molecule is Cc1ccc(N2CCN(C(=S)NC3CCCCC3)C[C@@H]2C)cc1. The summed E-state index contributed by atoms with van der Waals surface area (Å²) in [5, 5.41) is 4.58. The van der Waals surface area contributed by atoms with E-state index in [4.69, 9.17) is 12.2 Å². The van der Waals surface area contributed by atoms with Gasteiger partial charge in [-0.3, -0.25) is 0 Å². The minimum atomic E-state index is 0.484. The summed E-state index contributed by atoms with van der Waals surface area (Å²) < 4.78 is 0. The lowest BCUT2D eigenvalue weighted by Crippen LogP contribution is -2.57. The highest BCUT2D eigenvalue weighted by Gasteiger charge is 2.26. The van der Waals surface area contributed by atoms with Crippen molar-refractivity contribution in [2.75, 3.05) is 24.5 Å². The summed E-state index contributed by atoms with van der Waals surface area (Å²) in [6.07, 6.45) is 6.63. The summed E-state index contributed by atoms with van der Waals surface area (Å²) in [7, 11) is 0. The summed E-state index contributed by atoms with van der Waals surface area (Å²) in [6.45, 7) is 7.50. The van der Waals surface area contributed by atoms with Gasteiger partial charge < -0.3 is 15.1 Å². The molecule has 0 radical (unpaired) electrons. The van der Waals surface area contributed by atoms with E-state index in [0.29, 0.717) is 12.1 Å². The van der Waals surface area contributed by atoms with Crippen LogP contribution in [0.4, 0.5) is 5.69 Å². The van der Waals surface area contributed by atoms with E-state index >= 15 is 0 Å². The van der Waals surface area contributed by atoms with Crippen molar-refractivity contribution in [3.63, 3.8) is 0 Å². The number of nitrogens with zero attached hydrogens (tertiary/aromatic N) is 2. The number of hydrogen-bond acceptors (Lipinski definition) is 2. The molecule has 2 fully saturated rings. The Morgan fingerprint density at radius 3 is 2.43 bits per heavy atom. The Kier molecular flexibility index (Phi) is 5.42. The molecule has 3 nitrogen and oxygen atoms in total. The van der Waals surface area contributed by atoms with Crippen LogP contribution >= 0.6 is 12.2 Å². The molecule has 1 aliphatic heterocycles. The van der Waals surface area contributed by atoms with Crippen LogP contribution < -0.4 is 10.2 Å². The average molecular weight is 332 g/mol. The van der Waals surface area contributed by atoms with E-state index < -0.39 is 0 Å². The van der Waals surface area contributed by atoms with Crippen molar-refractivity contribution in [3.8, 4) is 0 Å². The van der Waals surface area contributed by atoms with Crippen LogP contribution in [0.25, 0.3) is 0 Å². The molecule has 0 amide bonds. The Labute approximate surface area is 146 Å². The lowest BCUT2D eigenvalue weighted by Gasteiger charge is -2.43. The van der Waals surface area contributed by atoms with E-state index in [1.165, 1.54) is 43.4 Å². The highest BCUT2D eigenvalue weighted by atomic mass is 32.1. The maximum absolute atomic E-state index is 5.68. The number of anilines is 1. The van der Waals surface area contributed by atoms with Gasteiger partial charge in [0.1, 0.15) is 0 Å². The molecule has 2 aliphatic rings. The van der Waals surface area contributed by atoms with Crippen molar-refractivity contribution in [3.05, 3.63) is 29.8 Å². The fourth-order valence-electron chi connectivity index (χ4n) is 3.77. The Hall–Kier alpha value is -1.29. The normalized spacial score (nSPS) is 23.0. The van der Waals surface area contributed by atoms with E-state index in [-0.39, 0.29) is 0 Å². The minimum absolute atomic E-state index is 0.484. The van der Waals surface area contributed by atoms with Crippen molar-refractivity contribution >= 4 is 23.0 Å². The van der Waals surface area contributed by atoms with Crippen molar-refractivity contribution in [1.82, 2.24) is 10.2 Å². The molecule has 1 N–H and O–H groups in total. The third-order valence-electron chi connectivity index (χ3n) is 5.21. The molecule has 1 aliphatic carbocycles. The number of rotatable bonds is 2. The molecule has 1 saturated heterocycles. The van der Waals surface area contributed by atoms with E-state index in [1.54, 1.807) is 0 Å². The summed E-state index contributed by atoms with van der Waals surface area (Å²) >= 11 is 5.68. The number of thiocarbonyl (C=S) groups is 1. The molecular weight excluding hydrogens is 302 g/mol. The van der Waals surface area contributed by atoms with Gasteiger partial charge in [0.2, 0.25) is 0 Å². The zero-order valence-corrected chi connectivity index (χ0v) is 15.2. The molecule has 126 valence electrons. The molecule has 3 rings (SSSR count). The molecule has 0 unspecified atom stereocenters. The predicted octanol–water partition coefficient (Wildman–Crippen LogP) is 3.71. The molecule has 1 atom stereocenters. The number of hydrogen-bond donors (Lipinski definition) is 1. The first-order valence-corrected chi connectivity index (χ1v) is 9.43. The zero-order chi connectivity index (χ0) is 16.2. The molecular formula is C19H29N3S. The average Bonchev–Trinajstić information content (AvgIpc) is 2.57. The van der Waals surface area contributed by atoms with Gasteiger partial charge in [0, 0.05) is 37.4 Å². The Morgan fingerprint density at radius 1 is 1.09 bits per heavy atom. The van der Waals surface area contributed by atoms with Gasteiger partial charge >= 0.3 is 0 Å². The van der Waals surface area contributed by atoms with Crippen LogP contribution in [0, 0.1) is 6.92 Å². The number of benzene rings is 1. The van der Waals surface area contributed by atoms with E-state index in [9.17, 15) is 0 Å². The predicted molar refractivity (Wildman–Crippen MR) is 102 cm³/mol. The van der Waals surface area contributed by atoms with Gasteiger partial charge in [0.15, 0.2) is 5.11 Å². The first-order valence-electron chi connectivity index (χ1n) is 9.02. The molecule has 23 heavy (non-hydrogen) atoms. The molecule has 4 heteroatoms. The lowest BCUT2D eigenvalue weighted by molar-refractivity contribution is 0.321. The van der Waals surface area contributed by atoms with Gasteiger partial charge in [-0.2, -0.15) is 0 Å². The largest absolute Gasteiger partial charge is 0.365 e. The molecule has 0 aromatic heterocycles. The van der Waals surface area contributed by atoms with Gasteiger partial charge in [-0.1, -0.05) is 37.0 Å². The molecule has 1 aromatic carbocycles. The van der Waals surface area contributed by atoms with Crippen molar-refractivity contribution in [2.24, 2.45) is 0 Å². The summed E-state index contributed by atoms with van der Waals surface area (Å²) in [5.74, 6) is 0. The van der Waals surface area contributed by atoms with E-state index in [2.05, 4.69) is 53.2 Å². The van der Waals surface area contributed by atoms with Gasteiger partial charge in [0.05, 0.1) is 0 Å². The van der Waals surface area contributed by atoms with E-state index in [0.717, 1.165) is 24.7 Å². The van der Waals surface area contributed by atoms with Gasteiger partial charge in [-0.05, 0) is 51.0 Å². The van der Waals surface area contributed by atoms with Crippen LogP contribution in [0.1, 0.15) is 44.6 Å². The number of nitrogens with one attached hydrogen (secondary N) is 1. The van der Waals surface area contributed by atoms with E-state index in [1.807, 2.05) is 0 Å². The van der Waals surface area contributed by atoms with Crippen LogP contribution in [-0.4, -0.2) is 41.7 Å². The number of piperazine rings is 1. The van der Waals surface area contributed by atoms with Gasteiger partial charge in [-0.15, -0.1) is 0 Å². The first kappa shape index (κ1) is 16.6. The maximum Gasteiger partial charge on any atom is 0.169 e. The monoisotopic (exact) mass is 331 g/mol. The molecule has 0 bridgehead atoms. The van der Waals surface area contributed by atoms with Gasteiger partial charge in [0.25, 0.3) is 0 Å². The first-order chi connectivity index (χ1) is 11.1. The second kappa shape index (κ2) is 7.52. The number of aryl methyl sites for hydroxylation is 1. The van der Waals surface area contributed by atoms with Crippen LogP contribution in [0.15, 0.2) is 24.3 Å². The quantitative estimate of drug-likeness (QED) is 0.832. The highest BCUT2D eigenvalue weighted by Crippen LogP contribution is 2.22. The van der Waals surface area contributed by atoms with Crippen molar-refractivity contribution < 1.29 is 0 Å². The highest BCUT2D eigenvalue weighted by molar-refractivity contribution is 7.80. The summed E-state index contributed by atoms with van der Waals surface area (Å²) in [5.41, 5.74) is 2.65. The molecule has 1 saturated carbocycles. The Bertz CT molecular complexity index is 522. The van der Waals surface area contributed by atoms with Crippen molar-refractivity contribution in [2.45, 2.75) is 58.0 Å². The molecule has 0 spiro atoms. The third-order valence-corrected chi connectivity index (χ3v) is 5.59. The lowest BCUT2D eigenvalue weighted by atomic mass is 9.96. The van der Waals surface area contributed by atoms with Gasteiger partial charge in [-0.25, -0.2) is 0 Å². The Morgan fingerprint density at radius 2 is 1.78 bits per heavy atom. The fourth-order valence-corrected chi connectivity index (χ4v) is 4.11. The standard InChI is InChI=1S/C19H29N3S/c1-15-8-10-18(11-9-15)22-13-12-21(14-16(22)2)19(23)20-17-6-4-3-5-7-17/h8-11,16-17H,3-7,12-14H2,1-2H3,(H,20,23)/t16-/m0/s1. The summed E-state index contributed by atoms with van der Waals surface area (Å²) in [4.78, 5) is 4.86. The minimum Gasteiger partial charge on any atom is -0.365 e. The summed E-state index contributed by atoms with van der Waals surface area (Å²) in [6, 6.07) is 9.95. The van der Waals surface area contributed by atoms with Crippen LogP contribution in [-0.2, 0) is 0 Å². The maximum atomic E-state index is 5.68. The fraction of sp³-hybridized carbons (Fsp3) is 0.632. The molecule has 1 aromatic rings.